The highest BCUT2D eigenvalue weighted by Gasteiger charge is 2.46. The van der Waals surface area contributed by atoms with Crippen LogP contribution in [0.5, 0.6) is 0 Å². The fourth-order valence-corrected chi connectivity index (χ4v) is 8.18. The number of ether oxygens (including phenoxy) is 2. The highest BCUT2D eigenvalue weighted by atomic mass is 16.5. The number of rotatable bonds is 11. The highest BCUT2D eigenvalue weighted by Crippen LogP contribution is 2.38. The molecule has 3 aliphatic heterocycles. The molecule has 0 saturated carbocycles. The maximum atomic E-state index is 13.8. The molecular formula is C44H54N6O7. The Morgan fingerprint density at radius 1 is 0.754 bits per heavy atom. The van der Waals surface area contributed by atoms with Crippen molar-refractivity contribution in [2.75, 3.05) is 32.6 Å². The lowest BCUT2D eigenvalue weighted by Crippen LogP contribution is -2.58. The lowest BCUT2D eigenvalue weighted by molar-refractivity contribution is -0.139. The Morgan fingerprint density at radius 2 is 1.35 bits per heavy atom. The van der Waals surface area contributed by atoms with E-state index in [1.54, 1.807) is 4.90 Å². The van der Waals surface area contributed by atoms with Crippen LogP contribution in [0.25, 0.3) is 27.6 Å². The number of alkyl carbamates (subject to hydrolysis) is 2. The van der Waals surface area contributed by atoms with E-state index in [9.17, 15) is 24.0 Å². The van der Waals surface area contributed by atoms with Crippen molar-refractivity contribution < 1.29 is 33.4 Å². The average molecular weight is 779 g/mol. The van der Waals surface area contributed by atoms with Crippen molar-refractivity contribution in [3.63, 3.8) is 0 Å². The van der Waals surface area contributed by atoms with Gasteiger partial charge < -0.3 is 35.2 Å². The van der Waals surface area contributed by atoms with Crippen LogP contribution < -0.4 is 16.0 Å². The van der Waals surface area contributed by atoms with E-state index >= 15 is 0 Å². The van der Waals surface area contributed by atoms with E-state index in [0.717, 1.165) is 51.7 Å². The van der Waals surface area contributed by atoms with Crippen LogP contribution in [-0.2, 0) is 23.9 Å². The van der Waals surface area contributed by atoms with Crippen LogP contribution in [0.4, 0.5) is 15.3 Å². The van der Waals surface area contributed by atoms with Gasteiger partial charge >= 0.3 is 12.2 Å². The average Bonchev–Trinajstić information content (AvgIpc) is 3.99. The minimum absolute atomic E-state index is 0.108. The van der Waals surface area contributed by atoms with Crippen molar-refractivity contribution in [2.24, 2.45) is 16.8 Å². The molecule has 0 aliphatic carbocycles. The number of aliphatic imine (C=N–C) groups is 1. The van der Waals surface area contributed by atoms with E-state index in [1.807, 2.05) is 56.9 Å². The van der Waals surface area contributed by atoms with Gasteiger partial charge in [-0.15, -0.1) is 0 Å². The normalized spacial score (nSPS) is 20.3. The molecule has 4 atom stereocenters. The molecule has 13 nitrogen and oxygen atoms in total. The molecule has 0 aromatic heterocycles. The number of benzene rings is 3. The van der Waals surface area contributed by atoms with E-state index in [4.69, 9.17) is 14.5 Å². The van der Waals surface area contributed by atoms with Crippen LogP contribution in [0.1, 0.15) is 72.3 Å². The second kappa shape index (κ2) is 17.2. The third-order valence-corrected chi connectivity index (χ3v) is 11.5. The first kappa shape index (κ1) is 40.9. The summed E-state index contributed by atoms with van der Waals surface area (Å²) in [6.45, 7) is 10.6. The summed E-state index contributed by atoms with van der Waals surface area (Å²) in [4.78, 5) is 73.1. The number of fused-ring (bicyclic) bond motifs is 1. The van der Waals surface area contributed by atoms with Crippen molar-refractivity contribution in [2.45, 2.75) is 90.4 Å². The van der Waals surface area contributed by atoms with Gasteiger partial charge in [-0.3, -0.25) is 19.4 Å². The number of carbonyl (C=O) groups excluding carboxylic acids is 5. The molecule has 0 radical (unpaired) electrons. The summed E-state index contributed by atoms with van der Waals surface area (Å²) in [6.07, 6.45) is 4.34. The highest BCUT2D eigenvalue weighted by molar-refractivity contribution is 6.05. The molecule has 57 heavy (non-hydrogen) atoms. The number of anilines is 1. The number of hydrogen-bond donors (Lipinski definition) is 3. The Morgan fingerprint density at radius 3 is 2.00 bits per heavy atom. The van der Waals surface area contributed by atoms with Gasteiger partial charge in [0.1, 0.15) is 18.1 Å². The summed E-state index contributed by atoms with van der Waals surface area (Å²) in [7, 11) is 2.55. The number of likely N-dealkylation sites (tertiary alicyclic amines) is 2. The molecular weight excluding hydrogens is 725 g/mol. The smallest absolute Gasteiger partial charge is 0.407 e. The largest absolute Gasteiger partial charge is 0.453 e. The lowest BCUT2D eigenvalue weighted by atomic mass is 9.89. The zero-order valence-corrected chi connectivity index (χ0v) is 33.9. The minimum atomic E-state index is -0.795. The first-order valence-electron chi connectivity index (χ1n) is 19.8. The zero-order chi connectivity index (χ0) is 41.0. The molecule has 302 valence electrons. The Bertz CT molecular complexity index is 2090. The summed E-state index contributed by atoms with van der Waals surface area (Å²) >= 11 is 0. The third kappa shape index (κ3) is 8.67. The molecule has 3 heterocycles. The molecule has 6 rings (SSSR count). The Labute approximate surface area is 334 Å². The molecule has 3 aliphatic rings. The van der Waals surface area contributed by atoms with Crippen LogP contribution >= 0.6 is 0 Å². The summed E-state index contributed by atoms with van der Waals surface area (Å²) in [5.41, 5.74) is 4.99. The second-order valence-corrected chi connectivity index (χ2v) is 16.0. The fraction of sp³-hybridized carbons (Fsp3) is 0.455. The molecule has 2 saturated heterocycles. The van der Waals surface area contributed by atoms with Crippen LogP contribution in [0.2, 0.25) is 0 Å². The van der Waals surface area contributed by atoms with Gasteiger partial charge in [-0.05, 0) is 90.1 Å². The molecule has 3 aromatic carbocycles. The van der Waals surface area contributed by atoms with Crippen LogP contribution in [0.15, 0.2) is 71.7 Å². The lowest BCUT2D eigenvalue weighted by Gasteiger charge is -2.38. The number of nitrogens with one attached hydrogen (secondary N) is 3. The van der Waals surface area contributed by atoms with Crippen molar-refractivity contribution in [3.8, 4) is 11.1 Å². The summed E-state index contributed by atoms with van der Waals surface area (Å²) in [6, 6.07) is 18.1. The van der Waals surface area contributed by atoms with E-state index in [0.29, 0.717) is 38.0 Å². The number of hydrogen-bond acceptors (Lipinski definition) is 8. The van der Waals surface area contributed by atoms with Gasteiger partial charge in [0.2, 0.25) is 17.7 Å². The molecule has 13 heteroatoms. The van der Waals surface area contributed by atoms with Crippen molar-refractivity contribution in [1.82, 2.24) is 20.4 Å². The molecule has 0 bridgehead atoms. The van der Waals surface area contributed by atoms with Gasteiger partial charge in [0, 0.05) is 30.9 Å². The van der Waals surface area contributed by atoms with E-state index in [1.165, 1.54) is 14.2 Å². The van der Waals surface area contributed by atoms with E-state index in [2.05, 4.69) is 65.3 Å². The van der Waals surface area contributed by atoms with Gasteiger partial charge in [0.15, 0.2) is 0 Å². The predicted molar refractivity (Wildman–Crippen MR) is 220 cm³/mol. The predicted octanol–water partition coefficient (Wildman–Crippen LogP) is 6.76. The van der Waals surface area contributed by atoms with Crippen molar-refractivity contribution in [3.05, 3.63) is 72.3 Å². The van der Waals surface area contributed by atoms with Gasteiger partial charge in [-0.25, -0.2) is 9.59 Å². The number of carbonyl (C=O) groups is 5. The Hall–Kier alpha value is -5.72. The van der Waals surface area contributed by atoms with Crippen LogP contribution in [-0.4, -0.2) is 96.4 Å². The van der Waals surface area contributed by atoms with Crippen molar-refractivity contribution >= 4 is 57.8 Å². The van der Waals surface area contributed by atoms with Gasteiger partial charge in [0.05, 0.1) is 25.5 Å². The summed E-state index contributed by atoms with van der Waals surface area (Å²) < 4.78 is 9.50. The zero-order valence-electron chi connectivity index (χ0n) is 33.9. The second-order valence-electron chi connectivity index (χ2n) is 16.0. The van der Waals surface area contributed by atoms with Gasteiger partial charge in [-0.1, -0.05) is 76.2 Å². The Kier molecular flexibility index (Phi) is 12.3. The quantitative estimate of drug-likeness (QED) is 0.194. The topological polar surface area (TPSA) is 159 Å². The summed E-state index contributed by atoms with van der Waals surface area (Å²) in [5.74, 6) is -0.971. The van der Waals surface area contributed by atoms with Gasteiger partial charge in [0.25, 0.3) is 0 Å². The SMILES string of the molecule is COC(=O)N[C@H](C(=O)N1CCC[C@H]1C(=O)Nc1ccc2cc(-c3ccc(C4=CCC([C@]5(C)CCCN5C(=O)[C@@H](NC(=O)OC)C(C)C)=N4)cc3)ccc2c1)C(C)C. The maximum Gasteiger partial charge on any atom is 0.407 e. The monoisotopic (exact) mass is 778 g/mol. The number of methoxy groups -OCH3 is 2. The molecule has 3 aromatic rings. The molecule has 0 spiro atoms. The standard InChI is InChI=1S/C44H54N6O7/c1-26(2)37(47-42(54)56-6)40(52)49-22-8-10-35(49)39(51)45-33-18-17-31-24-30(15-16-32(31)25-33)28-11-13-29(14-12-28)34-19-20-36(46-34)44(5)21-9-23-50(44)41(53)38(27(3)4)48-43(55)57-7/h11-19,24-27,35,37-38H,8-10,20-23H2,1-7H3,(H,45,51)(H,47,54)(H,48,55)/t35-,37-,38-,44-/m0/s1. The fourth-order valence-electron chi connectivity index (χ4n) is 8.18. The molecule has 2 fully saturated rings. The first-order valence-corrected chi connectivity index (χ1v) is 19.8. The minimum Gasteiger partial charge on any atom is -0.453 e. The molecule has 5 amide bonds. The van der Waals surface area contributed by atoms with Crippen molar-refractivity contribution in [1.29, 1.82) is 0 Å². The van der Waals surface area contributed by atoms with Gasteiger partial charge in [-0.2, -0.15) is 0 Å². The van der Waals surface area contributed by atoms with E-state index < -0.39 is 35.9 Å². The number of amides is 5. The first-order chi connectivity index (χ1) is 27.2. The third-order valence-electron chi connectivity index (χ3n) is 11.5. The van der Waals surface area contributed by atoms with E-state index in [-0.39, 0.29) is 29.6 Å². The number of nitrogens with zero attached hydrogens (tertiary/aromatic N) is 3. The summed E-state index contributed by atoms with van der Waals surface area (Å²) in [5, 5.41) is 10.3. The Balaban J connectivity index is 1.11. The van der Waals surface area contributed by atoms with Crippen LogP contribution in [0.3, 0.4) is 0 Å². The van der Waals surface area contributed by atoms with Crippen LogP contribution in [0, 0.1) is 11.8 Å². The number of allylic oxidation sites excluding steroid dienone is 1. The maximum absolute atomic E-state index is 13.8. The molecule has 3 N–H and O–H groups in total. The molecule has 0 unspecified atom stereocenters.